The summed E-state index contributed by atoms with van der Waals surface area (Å²) in [5, 5.41) is 5.67. The van der Waals surface area contributed by atoms with Gasteiger partial charge in [-0.3, -0.25) is 9.59 Å². The number of hydrogen-bond acceptors (Lipinski definition) is 2. The Morgan fingerprint density at radius 2 is 1.64 bits per heavy atom. The molecule has 0 atom stereocenters. The van der Waals surface area contributed by atoms with E-state index in [1.54, 1.807) is 0 Å². The number of rotatable bonds is 9. The molecular formula is C18H28N2O2. The van der Waals surface area contributed by atoms with E-state index in [1.165, 1.54) is 23.6 Å². The topological polar surface area (TPSA) is 58.2 Å². The van der Waals surface area contributed by atoms with Gasteiger partial charge in [0, 0.05) is 26.4 Å². The Labute approximate surface area is 133 Å². The summed E-state index contributed by atoms with van der Waals surface area (Å²) in [4.78, 5) is 22.4. The quantitative estimate of drug-likeness (QED) is 0.689. The molecule has 0 aliphatic rings. The van der Waals surface area contributed by atoms with Crippen molar-refractivity contribution in [1.29, 1.82) is 0 Å². The third-order valence-electron chi connectivity index (χ3n) is 3.74. The average molecular weight is 304 g/mol. The first kappa shape index (κ1) is 18.2. The molecule has 0 unspecified atom stereocenters. The average Bonchev–Trinajstić information content (AvgIpc) is 2.46. The highest BCUT2D eigenvalue weighted by atomic mass is 16.2. The van der Waals surface area contributed by atoms with E-state index in [9.17, 15) is 9.59 Å². The summed E-state index contributed by atoms with van der Waals surface area (Å²) in [6.45, 7) is 7.10. The summed E-state index contributed by atoms with van der Waals surface area (Å²) in [7, 11) is 0. The molecule has 0 spiro atoms. The van der Waals surface area contributed by atoms with Crippen LogP contribution in [0.15, 0.2) is 18.2 Å². The van der Waals surface area contributed by atoms with Crippen LogP contribution in [0.25, 0.3) is 0 Å². The largest absolute Gasteiger partial charge is 0.356 e. The van der Waals surface area contributed by atoms with Gasteiger partial charge < -0.3 is 10.6 Å². The van der Waals surface area contributed by atoms with Crippen LogP contribution in [0.4, 0.5) is 0 Å². The maximum absolute atomic E-state index is 11.7. The molecule has 0 aromatic heterocycles. The fraction of sp³-hybridized carbons (Fsp3) is 0.556. The zero-order chi connectivity index (χ0) is 16.4. The molecule has 4 nitrogen and oxygen atoms in total. The van der Waals surface area contributed by atoms with Gasteiger partial charge in [-0.25, -0.2) is 0 Å². The molecule has 0 aliphatic heterocycles. The fourth-order valence-electron chi connectivity index (χ4n) is 2.24. The third kappa shape index (κ3) is 7.81. The minimum Gasteiger partial charge on any atom is -0.356 e. The summed E-state index contributed by atoms with van der Waals surface area (Å²) >= 11 is 0. The van der Waals surface area contributed by atoms with Crippen LogP contribution >= 0.6 is 0 Å². The van der Waals surface area contributed by atoms with Crippen molar-refractivity contribution in [2.75, 3.05) is 13.1 Å². The normalized spacial score (nSPS) is 10.3. The first-order chi connectivity index (χ1) is 10.5. The Hall–Kier alpha value is -1.84. The fourth-order valence-corrected chi connectivity index (χ4v) is 2.24. The predicted octanol–water partition coefficient (Wildman–Crippen LogP) is 2.66. The molecule has 1 rings (SSSR count). The molecular weight excluding hydrogens is 276 g/mol. The van der Waals surface area contributed by atoms with Crippen LogP contribution in [-0.4, -0.2) is 24.9 Å². The Morgan fingerprint density at radius 1 is 0.955 bits per heavy atom. The molecule has 0 heterocycles. The van der Waals surface area contributed by atoms with E-state index < -0.39 is 0 Å². The number of amides is 2. The van der Waals surface area contributed by atoms with Crippen molar-refractivity contribution in [2.45, 2.75) is 52.9 Å². The highest BCUT2D eigenvalue weighted by Crippen LogP contribution is 2.12. The summed E-state index contributed by atoms with van der Waals surface area (Å²) in [6, 6.07) is 6.48. The van der Waals surface area contributed by atoms with Crippen molar-refractivity contribution >= 4 is 11.8 Å². The lowest BCUT2D eigenvalue weighted by Crippen LogP contribution is -2.26. The van der Waals surface area contributed by atoms with Crippen molar-refractivity contribution in [3.8, 4) is 0 Å². The molecule has 2 N–H and O–H groups in total. The van der Waals surface area contributed by atoms with Crippen LogP contribution in [0.5, 0.6) is 0 Å². The molecule has 22 heavy (non-hydrogen) atoms. The smallest absolute Gasteiger partial charge is 0.220 e. The Balaban J connectivity index is 2.08. The van der Waals surface area contributed by atoms with Crippen molar-refractivity contribution in [1.82, 2.24) is 10.6 Å². The summed E-state index contributed by atoms with van der Waals surface area (Å²) in [5.41, 5.74) is 3.91. The van der Waals surface area contributed by atoms with Gasteiger partial charge >= 0.3 is 0 Å². The zero-order valence-corrected chi connectivity index (χ0v) is 14.0. The first-order valence-electron chi connectivity index (χ1n) is 8.06. The lowest BCUT2D eigenvalue weighted by Gasteiger charge is -2.07. The van der Waals surface area contributed by atoms with E-state index in [1.807, 2.05) is 0 Å². The maximum atomic E-state index is 11.7. The number of benzene rings is 1. The minimum absolute atomic E-state index is 0.00428. The lowest BCUT2D eigenvalue weighted by atomic mass is 10.0. The van der Waals surface area contributed by atoms with Crippen LogP contribution < -0.4 is 10.6 Å². The number of unbranched alkanes of at least 4 members (excludes halogenated alkanes) is 1. The third-order valence-corrected chi connectivity index (χ3v) is 3.74. The molecule has 1 aromatic carbocycles. The van der Waals surface area contributed by atoms with Crippen molar-refractivity contribution < 1.29 is 9.59 Å². The second kappa shape index (κ2) is 9.98. The van der Waals surface area contributed by atoms with Gasteiger partial charge in [0.1, 0.15) is 0 Å². The minimum atomic E-state index is -0.00428. The molecule has 122 valence electrons. The predicted molar refractivity (Wildman–Crippen MR) is 89.8 cm³/mol. The molecule has 0 fully saturated rings. The van der Waals surface area contributed by atoms with E-state index in [2.05, 4.69) is 42.7 Å². The van der Waals surface area contributed by atoms with Gasteiger partial charge in [-0.05, 0) is 56.2 Å². The van der Waals surface area contributed by atoms with Gasteiger partial charge in [0.2, 0.25) is 11.8 Å². The monoisotopic (exact) mass is 304 g/mol. The molecule has 2 amide bonds. The molecule has 0 bridgehead atoms. The van der Waals surface area contributed by atoms with E-state index in [-0.39, 0.29) is 11.8 Å². The van der Waals surface area contributed by atoms with Crippen molar-refractivity contribution in [3.05, 3.63) is 34.9 Å². The second-order valence-electron chi connectivity index (χ2n) is 5.81. The van der Waals surface area contributed by atoms with Crippen molar-refractivity contribution in [2.24, 2.45) is 0 Å². The van der Waals surface area contributed by atoms with E-state index in [0.29, 0.717) is 19.5 Å². The maximum Gasteiger partial charge on any atom is 0.220 e. The number of carbonyl (C=O) groups excluding carboxylic acids is 2. The number of aryl methyl sites for hydroxylation is 3. The van der Waals surface area contributed by atoms with Crippen LogP contribution in [0.3, 0.4) is 0 Å². The van der Waals surface area contributed by atoms with Crippen LogP contribution in [0.2, 0.25) is 0 Å². The Bertz CT molecular complexity index is 498. The van der Waals surface area contributed by atoms with Crippen LogP contribution in [0, 0.1) is 13.8 Å². The van der Waals surface area contributed by atoms with Crippen LogP contribution in [0.1, 0.15) is 49.3 Å². The zero-order valence-electron chi connectivity index (χ0n) is 14.0. The highest BCUT2D eigenvalue weighted by Gasteiger charge is 2.02. The molecule has 0 radical (unpaired) electrons. The van der Waals surface area contributed by atoms with Gasteiger partial charge in [0.15, 0.2) is 0 Å². The Morgan fingerprint density at radius 3 is 2.27 bits per heavy atom. The molecule has 4 heteroatoms. The SMILES string of the molecule is CC(=O)NCCCCNC(=O)CCCc1ccc(C)c(C)c1. The summed E-state index contributed by atoms with van der Waals surface area (Å²) in [5.74, 6) is 0.110. The highest BCUT2D eigenvalue weighted by molar-refractivity contribution is 5.75. The van der Waals surface area contributed by atoms with Crippen molar-refractivity contribution in [3.63, 3.8) is 0 Å². The standard InChI is InChI=1S/C18H28N2O2/c1-14-9-10-17(13-15(14)2)7-6-8-18(22)20-12-5-4-11-19-16(3)21/h9-10,13H,4-8,11-12H2,1-3H3,(H,19,21)(H,20,22). The van der Waals surface area contributed by atoms with E-state index >= 15 is 0 Å². The molecule has 1 aromatic rings. The number of carbonyl (C=O) groups is 2. The van der Waals surface area contributed by atoms with Gasteiger partial charge in [-0.1, -0.05) is 18.2 Å². The first-order valence-corrected chi connectivity index (χ1v) is 8.06. The Kier molecular flexibility index (Phi) is 8.26. The second-order valence-corrected chi connectivity index (χ2v) is 5.81. The van der Waals surface area contributed by atoms with Gasteiger partial charge in [-0.15, -0.1) is 0 Å². The van der Waals surface area contributed by atoms with E-state index in [0.717, 1.165) is 25.7 Å². The van der Waals surface area contributed by atoms with E-state index in [4.69, 9.17) is 0 Å². The van der Waals surface area contributed by atoms with Crippen LogP contribution in [-0.2, 0) is 16.0 Å². The van der Waals surface area contributed by atoms with Gasteiger partial charge in [0.25, 0.3) is 0 Å². The van der Waals surface area contributed by atoms with Gasteiger partial charge in [-0.2, -0.15) is 0 Å². The molecule has 0 saturated heterocycles. The molecule has 0 saturated carbocycles. The van der Waals surface area contributed by atoms with Gasteiger partial charge in [0.05, 0.1) is 0 Å². The summed E-state index contributed by atoms with van der Waals surface area (Å²) < 4.78 is 0. The number of hydrogen-bond donors (Lipinski definition) is 2. The lowest BCUT2D eigenvalue weighted by molar-refractivity contribution is -0.121. The summed E-state index contributed by atoms with van der Waals surface area (Å²) in [6.07, 6.45) is 4.17. The number of nitrogens with one attached hydrogen (secondary N) is 2. The molecule has 0 aliphatic carbocycles.